The summed E-state index contributed by atoms with van der Waals surface area (Å²) < 4.78 is 0. The molecule has 0 aromatic heterocycles. The highest BCUT2D eigenvalue weighted by Crippen LogP contribution is 2.28. The first-order valence-electron chi connectivity index (χ1n) is 6.99. The second-order valence-corrected chi connectivity index (χ2v) is 5.21. The van der Waals surface area contributed by atoms with Gasteiger partial charge >= 0.3 is 0 Å². The summed E-state index contributed by atoms with van der Waals surface area (Å²) in [5.41, 5.74) is 6.76. The zero-order chi connectivity index (χ0) is 13.8. The summed E-state index contributed by atoms with van der Waals surface area (Å²) in [6, 6.07) is 15.6. The lowest BCUT2D eigenvalue weighted by molar-refractivity contribution is 0.624. The standard InChI is InChI=1S/C18H23N/c1-5-19-18(16-11-9-13(2)10-12-16)17-14(3)7-6-8-15(17)4/h6-12,18-19H,5H2,1-4H3. The fourth-order valence-corrected chi connectivity index (χ4v) is 2.63. The Morgan fingerprint density at radius 1 is 0.895 bits per heavy atom. The summed E-state index contributed by atoms with van der Waals surface area (Å²) in [6.45, 7) is 9.65. The first-order valence-corrected chi connectivity index (χ1v) is 6.99. The zero-order valence-electron chi connectivity index (χ0n) is 12.3. The van der Waals surface area contributed by atoms with E-state index in [0.717, 1.165) is 6.54 Å². The van der Waals surface area contributed by atoms with Crippen LogP contribution in [0.4, 0.5) is 0 Å². The topological polar surface area (TPSA) is 12.0 Å². The van der Waals surface area contributed by atoms with Crippen LogP contribution in [-0.2, 0) is 0 Å². The highest BCUT2D eigenvalue weighted by molar-refractivity contribution is 5.42. The van der Waals surface area contributed by atoms with E-state index in [9.17, 15) is 0 Å². The molecule has 1 atom stereocenters. The van der Waals surface area contributed by atoms with Crippen LogP contribution in [0.15, 0.2) is 42.5 Å². The molecule has 1 heteroatoms. The van der Waals surface area contributed by atoms with E-state index in [1.165, 1.54) is 27.8 Å². The number of nitrogens with one attached hydrogen (secondary N) is 1. The van der Waals surface area contributed by atoms with Crippen molar-refractivity contribution >= 4 is 0 Å². The third-order valence-electron chi connectivity index (χ3n) is 3.65. The minimum absolute atomic E-state index is 0.284. The minimum Gasteiger partial charge on any atom is -0.307 e. The molecule has 0 aliphatic carbocycles. The van der Waals surface area contributed by atoms with Crippen LogP contribution in [0.2, 0.25) is 0 Å². The summed E-state index contributed by atoms with van der Waals surface area (Å²) in [6.07, 6.45) is 0. The van der Waals surface area contributed by atoms with Crippen LogP contribution >= 0.6 is 0 Å². The molecular weight excluding hydrogens is 230 g/mol. The molecule has 0 bridgehead atoms. The van der Waals surface area contributed by atoms with Crippen molar-refractivity contribution < 1.29 is 0 Å². The summed E-state index contributed by atoms with van der Waals surface area (Å²) in [7, 11) is 0. The average molecular weight is 253 g/mol. The number of benzene rings is 2. The number of hydrogen-bond acceptors (Lipinski definition) is 1. The van der Waals surface area contributed by atoms with E-state index in [-0.39, 0.29) is 6.04 Å². The van der Waals surface area contributed by atoms with E-state index in [4.69, 9.17) is 0 Å². The van der Waals surface area contributed by atoms with Gasteiger partial charge in [0.2, 0.25) is 0 Å². The lowest BCUT2D eigenvalue weighted by atomic mass is 9.91. The molecule has 0 spiro atoms. The molecule has 100 valence electrons. The predicted molar refractivity (Wildman–Crippen MR) is 82.6 cm³/mol. The van der Waals surface area contributed by atoms with Crippen LogP contribution in [0.1, 0.15) is 40.8 Å². The van der Waals surface area contributed by atoms with Gasteiger partial charge in [0.25, 0.3) is 0 Å². The summed E-state index contributed by atoms with van der Waals surface area (Å²) in [5, 5.41) is 3.62. The van der Waals surface area contributed by atoms with Crippen LogP contribution in [0.25, 0.3) is 0 Å². The Morgan fingerprint density at radius 3 is 2.00 bits per heavy atom. The van der Waals surface area contributed by atoms with Crippen LogP contribution in [0, 0.1) is 20.8 Å². The van der Waals surface area contributed by atoms with E-state index in [2.05, 4.69) is 75.5 Å². The summed E-state index contributed by atoms with van der Waals surface area (Å²) in [4.78, 5) is 0. The molecule has 19 heavy (non-hydrogen) atoms. The quantitative estimate of drug-likeness (QED) is 0.856. The normalized spacial score (nSPS) is 12.4. The van der Waals surface area contributed by atoms with Gasteiger partial charge in [-0.05, 0) is 49.6 Å². The molecule has 1 N–H and O–H groups in total. The third-order valence-corrected chi connectivity index (χ3v) is 3.65. The van der Waals surface area contributed by atoms with Crippen molar-refractivity contribution in [2.75, 3.05) is 6.54 Å². The van der Waals surface area contributed by atoms with E-state index in [1.54, 1.807) is 0 Å². The lowest BCUT2D eigenvalue weighted by Gasteiger charge is -2.23. The van der Waals surface area contributed by atoms with E-state index in [0.29, 0.717) is 0 Å². The molecule has 0 radical (unpaired) electrons. The smallest absolute Gasteiger partial charge is 0.0581 e. The number of rotatable bonds is 4. The van der Waals surface area contributed by atoms with E-state index < -0.39 is 0 Å². The van der Waals surface area contributed by atoms with Gasteiger partial charge in [-0.1, -0.05) is 55.0 Å². The first-order chi connectivity index (χ1) is 9.13. The van der Waals surface area contributed by atoms with Crippen LogP contribution < -0.4 is 5.32 Å². The molecule has 0 aliphatic rings. The van der Waals surface area contributed by atoms with Crippen molar-refractivity contribution in [1.29, 1.82) is 0 Å². The van der Waals surface area contributed by atoms with Gasteiger partial charge in [-0.3, -0.25) is 0 Å². The SMILES string of the molecule is CCNC(c1ccc(C)cc1)c1c(C)cccc1C. The van der Waals surface area contributed by atoms with Crippen molar-refractivity contribution in [2.24, 2.45) is 0 Å². The first kappa shape index (κ1) is 13.8. The van der Waals surface area contributed by atoms with Gasteiger partial charge in [0, 0.05) is 0 Å². The van der Waals surface area contributed by atoms with E-state index in [1.807, 2.05) is 0 Å². The molecular formula is C18H23N. The minimum atomic E-state index is 0.284. The highest BCUT2D eigenvalue weighted by atomic mass is 14.9. The largest absolute Gasteiger partial charge is 0.307 e. The molecule has 2 aromatic rings. The lowest BCUT2D eigenvalue weighted by Crippen LogP contribution is -2.23. The van der Waals surface area contributed by atoms with Gasteiger partial charge < -0.3 is 5.32 Å². The Kier molecular flexibility index (Phi) is 4.39. The molecule has 0 heterocycles. The van der Waals surface area contributed by atoms with Gasteiger partial charge in [0.1, 0.15) is 0 Å². The van der Waals surface area contributed by atoms with E-state index >= 15 is 0 Å². The van der Waals surface area contributed by atoms with Crippen LogP contribution in [0.5, 0.6) is 0 Å². The van der Waals surface area contributed by atoms with Gasteiger partial charge in [-0.2, -0.15) is 0 Å². The Bertz CT molecular complexity index is 520. The monoisotopic (exact) mass is 253 g/mol. The van der Waals surface area contributed by atoms with Gasteiger partial charge in [-0.25, -0.2) is 0 Å². The molecule has 0 amide bonds. The van der Waals surface area contributed by atoms with Crippen molar-refractivity contribution in [3.63, 3.8) is 0 Å². The zero-order valence-corrected chi connectivity index (χ0v) is 12.3. The Balaban J connectivity index is 2.48. The average Bonchev–Trinajstić information content (AvgIpc) is 2.38. The van der Waals surface area contributed by atoms with Crippen molar-refractivity contribution in [2.45, 2.75) is 33.7 Å². The van der Waals surface area contributed by atoms with Gasteiger partial charge in [-0.15, -0.1) is 0 Å². The van der Waals surface area contributed by atoms with Crippen molar-refractivity contribution in [1.82, 2.24) is 5.32 Å². The fourth-order valence-electron chi connectivity index (χ4n) is 2.63. The van der Waals surface area contributed by atoms with Gasteiger partial charge in [0.15, 0.2) is 0 Å². The second-order valence-electron chi connectivity index (χ2n) is 5.21. The third kappa shape index (κ3) is 3.05. The molecule has 0 saturated carbocycles. The van der Waals surface area contributed by atoms with Crippen LogP contribution in [-0.4, -0.2) is 6.54 Å². The molecule has 1 unspecified atom stereocenters. The maximum atomic E-state index is 3.62. The Labute approximate surface area is 116 Å². The van der Waals surface area contributed by atoms with Crippen LogP contribution in [0.3, 0.4) is 0 Å². The molecule has 1 nitrogen and oxygen atoms in total. The Morgan fingerprint density at radius 2 is 1.47 bits per heavy atom. The maximum Gasteiger partial charge on any atom is 0.0581 e. The summed E-state index contributed by atoms with van der Waals surface area (Å²) >= 11 is 0. The second kappa shape index (κ2) is 6.03. The summed E-state index contributed by atoms with van der Waals surface area (Å²) in [5.74, 6) is 0. The maximum absolute atomic E-state index is 3.62. The fraction of sp³-hybridized carbons (Fsp3) is 0.333. The number of hydrogen-bond donors (Lipinski definition) is 1. The molecule has 0 aliphatic heterocycles. The predicted octanol–water partition coefficient (Wildman–Crippen LogP) is 4.31. The molecule has 0 fully saturated rings. The molecule has 0 saturated heterocycles. The van der Waals surface area contributed by atoms with Crippen molar-refractivity contribution in [3.05, 3.63) is 70.3 Å². The molecule has 2 rings (SSSR count). The highest BCUT2D eigenvalue weighted by Gasteiger charge is 2.16. The van der Waals surface area contributed by atoms with Gasteiger partial charge in [0.05, 0.1) is 6.04 Å². The molecule has 2 aromatic carbocycles. The Hall–Kier alpha value is -1.60. The van der Waals surface area contributed by atoms with Crippen molar-refractivity contribution in [3.8, 4) is 0 Å². The number of aryl methyl sites for hydroxylation is 3.